The average molecular weight is 285 g/mol. The molecular formula is C11H13BrN2O2. The zero-order valence-electron chi connectivity index (χ0n) is 8.78. The van der Waals surface area contributed by atoms with Gasteiger partial charge < -0.3 is 10.1 Å². The van der Waals surface area contributed by atoms with E-state index in [-0.39, 0.29) is 11.9 Å². The number of esters is 1. The van der Waals surface area contributed by atoms with Gasteiger partial charge in [0.2, 0.25) is 5.88 Å². The lowest BCUT2D eigenvalue weighted by Gasteiger charge is -2.20. The summed E-state index contributed by atoms with van der Waals surface area (Å²) in [5.74, 6) is 0.187. The molecule has 1 fully saturated rings. The minimum atomic E-state index is -0.174. The normalized spacial score (nSPS) is 17.1. The van der Waals surface area contributed by atoms with E-state index in [2.05, 4.69) is 26.2 Å². The van der Waals surface area contributed by atoms with Gasteiger partial charge in [0.1, 0.15) is 4.60 Å². The fourth-order valence-corrected chi connectivity index (χ4v) is 2.02. The summed E-state index contributed by atoms with van der Waals surface area (Å²) in [6, 6.07) is 5.27. The summed E-state index contributed by atoms with van der Waals surface area (Å²) >= 11 is 3.24. The van der Waals surface area contributed by atoms with Crippen LogP contribution in [-0.4, -0.2) is 24.0 Å². The molecule has 0 amide bonds. The minimum Gasteiger partial charge on any atom is -0.407 e. The molecule has 0 atom stereocenters. The van der Waals surface area contributed by atoms with E-state index in [1.165, 1.54) is 0 Å². The van der Waals surface area contributed by atoms with Gasteiger partial charge in [0, 0.05) is 6.07 Å². The molecule has 16 heavy (non-hydrogen) atoms. The van der Waals surface area contributed by atoms with Gasteiger partial charge >= 0.3 is 5.97 Å². The summed E-state index contributed by atoms with van der Waals surface area (Å²) in [6.45, 7) is 1.76. The highest BCUT2D eigenvalue weighted by Gasteiger charge is 2.23. The van der Waals surface area contributed by atoms with Gasteiger partial charge in [-0.25, -0.2) is 4.98 Å². The predicted octanol–water partition coefficient (Wildman–Crippen LogP) is 1.75. The topological polar surface area (TPSA) is 51.2 Å². The molecule has 0 aliphatic carbocycles. The monoisotopic (exact) mass is 284 g/mol. The van der Waals surface area contributed by atoms with E-state index < -0.39 is 0 Å². The first kappa shape index (κ1) is 11.5. The number of aromatic nitrogens is 1. The number of rotatable bonds is 2. The smallest absolute Gasteiger partial charge is 0.315 e. The Morgan fingerprint density at radius 2 is 2.19 bits per heavy atom. The average Bonchev–Trinajstić information content (AvgIpc) is 2.30. The molecule has 1 saturated heterocycles. The SMILES string of the molecule is O=C(Oc1cccc(Br)n1)C1CCNCC1. The third-order valence-electron chi connectivity index (χ3n) is 2.57. The Labute approximate surface area is 103 Å². The van der Waals surface area contributed by atoms with Gasteiger partial charge in [-0.05, 0) is 47.9 Å². The number of hydrogen-bond donors (Lipinski definition) is 1. The first-order chi connectivity index (χ1) is 7.75. The van der Waals surface area contributed by atoms with Crippen molar-refractivity contribution < 1.29 is 9.53 Å². The maximum absolute atomic E-state index is 11.8. The number of carbonyl (C=O) groups excluding carboxylic acids is 1. The largest absolute Gasteiger partial charge is 0.407 e. The number of nitrogens with one attached hydrogen (secondary N) is 1. The second-order valence-corrected chi connectivity index (χ2v) is 4.56. The summed E-state index contributed by atoms with van der Waals surface area (Å²) in [4.78, 5) is 15.8. The molecule has 0 saturated carbocycles. The van der Waals surface area contributed by atoms with Crippen molar-refractivity contribution in [2.75, 3.05) is 13.1 Å². The van der Waals surface area contributed by atoms with Crippen LogP contribution in [0, 0.1) is 5.92 Å². The first-order valence-electron chi connectivity index (χ1n) is 5.30. The van der Waals surface area contributed by atoms with Gasteiger partial charge in [-0.2, -0.15) is 0 Å². The molecule has 1 N–H and O–H groups in total. The third kappa shape index (κ3) is 3.02. The third-order valence-corrected chi connectivity index (χ3v) is 3.01. The zero-order chi connectivity index (χ0) is 11.4. The van der Waals surface area contributed by atoms with E-state index in [1.54, 1.807) is 18.2 Å². The van der Waals surface area contributed by atoms with Crippen molar-refractivity contribution in [2.24, 2.45) is 5.92 Å². The van der Waals surface area contributed by atoms with Crippen LogP contribution in [0.25, 0.3) is 0 Å². The lowest BCUT2D eigenvalue weighted by molar-refractivity contribution is -0.140. The Bertz CT molecular complexity index is 378. The maximum atomic E-state index is 11.8. The summed E-state index contributed by atoms with van der Waals surface area (Å²) in [5.41, 5.74) is 0. The number of hydrogen-bond acceptors (Lipinski definition) is 4. The fraction of sp³-hybridized carbons (Fsp3) is 0.455. The Morgan fingerprint density at radius 3 is 2.88 bits per heavy atom. The van der Waals surface area contributed by atoms with Gasteiger partial charge in [-0.3, -0.25) is 4.79 Å². The van der Waals surface area contributed by atoms with E-state index >= 15 is 0 Å². The van der Waals surface area contributed by atoms with Gasteiger partial charge in [-0.1, -0.05) is 6.07 Å². The number of carbonyl (C=O) groups is 1. The predicted molar refractivity (Wildman–Crippen MR) is 63.2 cm³/mol. The second kappa shape index (κ2) is 5.41. The van der Waals surface area contributed by atoms with E-state index in [0.717, 1.165) is 25.9 Å². The van der Waals surface area contributed by atoms with Crippen LogP contribution in [-0.2, 0) is 4.79 Å². The van der Waals surface area contributed by atoms with Gasteiger partial charge in [0.05, 0.1) is 5.92 Å². The number of ether oxygens (including phenoxy) is 1. The summed E-state index contributed by atoms with van der Waals surface area (Å²) in [5, 5.41) is 3.21. The Hall–Kier alpha value is -0.940. The molecule has 4 nitrogen and oxygen atoms in total. The molecule has 0 bridgehead atoms. The molecule has 86 valence electrons. The molecule has 0 unspecified atom stereocenters. The van der Waals surface area contributed by atoms with Crippen molar-refractivity contribution in [1.29, 1.82) is 0 Å². The molecule has 1 aliphatic heterocycles. The highest BCUT2D eigenvalue weighted by atomic mass is 79.9. The molecule has 0 spiro atoms. The number of pyridine rings is 1. The standard InChI is InChI=1S/C11H13BrN2O2/c12-9-2-1-3-10(14-9)16-11(15)8-4-6-13-7-5-8/h1-3,8,13H,4-7H2. The van der Waals surface area contributed by atoms with Crippen LogP contribution in [0.15, 0.2) is 22.8 Å². The molecule has 0 aromatic carbocycles. The van der Waals surface area contributed by atoms with Crippen molar-refractivity contribution in [3.63, 3.8) is 0 Å². The summed E-state index contributed by atoms with van der Waals surface area (Å²) in [6.07, 6.45) is 1.68. The number of piperidine rings is 1. The fourth-order valence-electron chi connectivity index (χ4n) is 1.69. The second-order valence-electron chi connectivity index (χ2n) is 3.74. The lowest BCUT2D eigenvalue weighted by atomic mass is 9.99. The quantitative estimate of drug-likeness (QED) is 0.664. The summed E-state index contributed by atoms with van der Waals surface area (Å²) < 4.78 is 5.90. The zero-order valence-corrected chi connectivity index (χ0v) is 10.4. The van der Waals surface area contributed by atoms with Crippen LogP contribution < -0.4 is 10.1 Å². The van der Waals surface area contributed by atoms with Crippen molar-refractivity contribution in [2.45, 2.75) is 12.8 Å². The molecule has 1 aliphatic rings. The minimum absolute atomic E-state index is 0.00188. The lowest BCUT2D eigenvalue weighted by Crippen LogP contribution is -2.33. The Balaban J connectivity index is 1.96. The maximum Gasteiger partial charge on any atom is 0.315 e. The van der Waals surface area contributed by atoms with E-state index in [0.29, 0.717) is 10.5 Å². The Kier molecular flexibility index (Phi) is 3.90. The molecule has 1 aromatic rings. The number of halogens is 1. The van der Waals surface area contributed by atoms with Crippen LogP contribution in [0.3, 0.4) is 0 Å². The van der Waals surface area contributed by atoms with Crippen molar-refractivity contribution in [3.05, 3.63) is 22.8 Å². The van der Waals surface area contributed by atoms with Crippen LogP contribution >= 0.6 is 15.9 Å². The molecule has 5 heteroatoms. The van der Waals surface area contributed by atoms with Gasteiger partial charge in [0.15, 0.2) is 0 Å². The molecule has 0 radical (unpaired) electrons. The highest BCUT2D eigenvalue weighted by Crippen LogP contribution is 2.17. The van der Waals surface area contributed by atoms with Crippen molar-refractivity contribution >= 4 is 21.9 Å². The molecular weight excluding hydrogens is 272 g/mol. The van der Waals surface area contributed by atoms with Crippen molar-refractivity contribution in [3.8, 4) is 5.88 Å². The van der Waals surface area contributed by atoms with Crippen LogP contribution in [0.5, 0.6) is 5.88 Å². The van der Waals surface area contributed by atoms with Crippen LogP contribution in [0.1, 0.15) is 12.8 Å². The highest BCUT2D eigenvalue weighted by molar-refractivity contribution is 9.10. The molecule has 2 heterocycles. The van der Waals surface area contributed by atoms with E-state index in [9.17, 15) is 4.79 Å². The van der Waals surface area contributed by atoms with E-state index in [1.807, 2.05) is 0 Å². The van der Waals surface area contributed by atoms with E-state index in [4.69, 9.17) is 4.74 Å². The number of nitrogens with zero attached hydrogens (tertiary/aromatic N) is 1. The first-order valence-corrected chi connectivity index (χ1v) is 6.10. The van der Waals surface area contributed by atoms with Gasteiger partial charge in [-0.15, -0.1) is 0 Å². The van der Waals surface area contributed by atoms with Crippen LogP contribution in [0.2, 0.25) is 0 Å². The van der Waals surface area contributed by atoms with Crippen molar-refractivity contribution in [1.82, 2.24) is 10.3 Å². The molecule has 1 aromatic heterocycles. The van der Waals surface area contributed by atoms with Crippen LogP contribution in [0.4, 0.5) is 0 Å². The molecule has 2 rings (SSSR count). The Morgan fingerprint density at radius 1 is 1.44 bits per heavy atom. The summed E-state index contributed by atoms with van der Waals surface area (Å²) in [7, 11) is 0. The van der Waals surface area contributed by atoms with Gasteiger partial charge in [0.25, 0.3) is 0 Å².